The van der Waals surface area contributed by atoms with Crippen molar-refractivity contribution in [1.82, 2.24) is 0 Å². The maximum absolute atomic E-state index is 10.5. The lowest BCUT2D eigenvalue weighted by Gasteiger charge is -1.93. The zero-order chi connectivity index (χ0) is 10.1. The molecule has 0 saturated carbocycles. The summed E-state index contributed by atoms with van der Waals surface area (Å²) in [4.78, 5) is 20.9. The fourth-order valence-electron chi connectivity index (χ4n) is 0.514. The summed E-state index contributed by atoms with van der Waals surface area (Å²) in [5.74, 6) is -0.479. The Kier molecular flexibility index (Phi) is 6.15. The first-order valence-electron chi connectivity index (χ1n) is 3.79. The van der Waals surface area contributed by atoms with Crippen LogP contribution in [0.1, 0.15) is 6.92 Å². The van der Waals surface area contributed by atoms with Gasteiger partial charge in [0.2, 0.25) is 0 Å². The van der Waals surface area contributed by atoms with Crippen molar-refractivity contribution < 1.29 is 14.3 Å². The van der Waals surface area contributed by atoms with Crippen LogP contribution in [0.4, 0.5) is 0 Å². The number of carbonyl (C=O) groups is 2. The molecule has 0 aliphatic rings. The highest BCUT2D eigenvalue weighted by Crippen LogP contribution is 1.83. The Morgan fingerprint density at radius 1 is 1.38 bits per heavy atom. The molecule has 0 bridgehead atoms. The Morgan fingerprint density at radius 3 is 2.62 bits per heavy atom. The van der Waals surface area contributed by atoms with E-state index in [0.29, 0.717) is 0 Å². The molecule has 0 atom stereocenters. The Labute approximate surface area is 77.4 Å². The van der Waals surface area contributed by atoms with Gasteiger partial charge in [-0.1, -0.05) is 18.7 Å². The minimum Gasteiger partial charge on any atom is -0.458 e. The van der Waals surface area contributed by atoms with Gasteiger partial charge >= 0.3 is 5.97 Å². The molecule has 0 aliphatic heterocycles. The lowest BCUT2D eigenvalue weighted by molar-refractivity contribution is -0.136. The summed E-state index contributed by atoms with van der Waals surface area (Å²) in [5.41, 5.74) is 0. The minimum absolute atomic E-state index is 0.0206. The van der Waals surface area contributed by atoms with Gasteiger partial charge in [-0.05, 0) is 19.1 Å². The van der Waals surface area contributed by atoms with Crippen LogP contribution in [-0.4, -0.2) is 18.4 Å². The van der Waals surface area contributed by atoms with Crippen LogP contribution in [-0.2, 0) is 14.3 Å². The Balaban J connectivity index is 3.58. The molecular formula is C10H12O3. The number of ketones is 1. The van der Waals surface area contributed by atoms with E-state index in [0.717, 1.165) is 6.08 Å². The highest BCUT2D eigenvalue weighted by molar-refractivity contribution is 5.87. The van der Waals surface area contributed by atoms with Crippen LogP contribution >= 0.6 is 0 Å². The van der Waals surface area contributed by atoms with E-state index in [-0.39, 0.29) is 12.4 Å². The van der Waals surface area contributed by atoms with Gasteiger partial charge in [0.1, 0.15) is 6.61 Å². The molecule has 0 fully saturated rings. The average molecular weight is 180 g/mol. The van der Waals surface area contributed by atoms with Crippen molar-refractivity contribution in [2.24, 2.45) is 0 Å². The summed E-state index contributed by atoms with van der Waals surface area (Å²) < 4.78 is 4.64. The summed E-state index contributed by atoms with van der Waals surface area (Å²) in [6.45, 7) is 4.89. The largest absolute Gasteiger partial charge is 0.458 e. The van der Waals surface area contributed by atoms with Crippen molar-refractivity contribution in [3.8, 4) is 0 Å². The maximum Gasteiger partial charge on any atom is 0.330 e. The Morgan fingerprint density at radius 2 is 2.08 bits per heavy atom. The smallest absolute Gasteiger partial charge is 0.330 e. The quantitative estimate of drug-likeness (QED) is 0.365. The number of rotatable bonds is 5. The number of esters is 1. The number of allylic oxidation sites excluding steroid dienone is 3. The number of ether oxygens (including phenoxy) is 1. The molecule has 0 radical (unpaired) electrons. The second-order valence-electron chi connectivity index (χ2n) is 2.23. The molecule has 0 saturated heterocycles. The molecule has 0 spiro atoms. The normalized spacial score (nSPS) is 10.5. The number of hydrogen-bond acceptors (Lipinski definition) is 3. The molecule has 0 aromatic carbocycles. The van der Waals surface area contributed by atoms with Crippen molar-refractivity contribution in [2.45, 2.75) is 6.92 Å². The molecule has 13 heavy (non-hydrogen) atoms. The van der Waals surface area contributed by atoms with Crippen molar-refractivity contribution in [2.75, 3.05) is 6.61 Å². The van der Waals surface area contributed by atoms with Crippen LogP contribution in [0.2, 0.25) is 0 Å². The first-order valence-corrected chi connectivity index (χ1v) is 3.79. The van der Waals surface area contributed by atoms with Gasteiger partial charge in [-0.25, -0.2) is 4.79 Å². The SMILES string of the molecule is C=CC(=O)OCC=CC=CC(C)=O. The van der Waals surface area contributed by atoms with Crippen LogP contribution < -0.4 is 0 Å². The van der Waals surface area contributed by atoms with E-state index >= 15 is 0 Å². The fraction of sp³-hybridized carbons (Fsp3) is 0.200. The van der Waals surface area contributed by atoms with Crippen molar-refractivity contribution in [3.63, 3.8) is 0 Å². The van der Waals surface area contributed by atoms with Gasteiger partial charge in [0.15, 0.2) is 5.78 Å². The van der Waals surface area contributed by atoms with Crippen LogP contribution in [0.3, 0.4) is 0 Å². The van der Waals surface area contributed by atoms with Crippen molar-refractivity contribution in [1.29, 1.82) is 0 Å². The summed E-state index contributed by atoms with van der Waals surface area (Å²) in [7, 11) is 0. The van der Waals surface area contributed by atoms with Gasteiger partial charge in [0.25, 0.3) is 0 Å². The third-order valence-electron chi connectivity index (χ3n) is 1.07. The van der Waals surface area contributed by atoms with Gasteiger partial charge in [-0.2, -0.15) is 0 Å². The standard InChI is InChI=1S/C10H12O3/c1-3-10(12)13-8-6-4-5-7-9(2)11/h3-7H,1,8H2,2H3. The zero-order valence-corrected chi connectivity index (χ0v) is 7.53. The highest BCUT2D eigenvalue weighted by Gasteiger charge is 1.89. The second kappa shape index (κ2) is 7.03. The van der Waals surface area contributed by atoms with E-state index in [9.17, 15) is 9.59 Å². The highest BCUT2D eigenvalue weighted by atomic mass is 16.5. The zero-order valence-electron chi connectivity index (χ0n) is 7.53. The molecule has 0 aromatic rings. The van der Waals surface area contributed by atoms with Crippen LogP contribution in [0.15, 0.2) is 37.0 Å². The lowest BCUT2D eigenvalue weighted by Crippen LogP contribution is -1.98. The van der Waals surface area contributed by atoms with Crippen molar-refractivity contribution >= 4 is 11.8 Å². The lowest BCUT2D eigenvalue weighted by atomic mass is 10.3. The van der Waals surface area contributed by atoms with E-state index in [2.05, 4.69) is 11.3 Å². The van der Waals surface area contributed by atoms with E-state index in [1.807, 2.05) is 0 Å². The van der Waals surface area contributed by atoms with E-state index in [1.54, 1.807) is 18.2 Å². The summed E-state index contributed by atoms with van der Waals surface area (Å²) in [5, 5.41) is 0. The summed E-state index contributed by atoms with van der Waals surface area (Å²) in [6.07, 6.45) is 7.37. The summed E-state index contributed by atoms with van der Waals surface area (Å²) >= 11 is 0. The van der Waals surface area contributed by atoms with Gasteiger partial charge in [0.05, 0.1) is 0 Å². The van der Waals surface area contributed by atoms with E-state index in [1.165, 1.54) is 13.0 Å². The third kappa shape index (κ3) is 8.26. The molecule has 0 N–H and O–H groups in total. The molecule has 0 heterocycles. The molecule has 0 rings (SSSR count). The number of carbonyl (C=O) groups excluding carboxylic acids is 2. The van der Waals surface area contributed by atoms with Crippen LogP contribution in [0.5, 0.6) is 0 Å². The maximum atomic E-state index is 10.5. The van der Waals surface area contributed by atoms with Crippen LogP contribution in [0.25, 0.3) is 0 Å². The molecule has 0 unspecified atom stereocenters. The predicted molar refractivity (Wildman–Crippen MR) is 50.1 cm³/mol. The first-order chi connectivity index (χ1) is 6.16. The van der Waals surface area contributed by atoms with Gasteiger partial charge in [-0.15, -0.1) is 0 Å². The predicted octanol–water partition coefficient (Wildman–Crippen LogP) is 1.42. The van der Waals surface area contributed by atoms with Gasteiger partial charge in [-0.3, -0.25) is 4.79 Å². The molecule has 0 aromatic heterocycles. The first kappa shape index (κ1) is 11.4. The Bertz CT molecular complexity index is 249. The Hall–Kier alpha value is -1.64. The minimum atomic E-state index is -0.458. The summed E-state index contributed by atoms with van der Waals surface area (Å²) in [6, 6.07) is 0. The molecule has 0 amide bonds. The molecule has 0 aliphatic carbocycles. The molecule has 3 heteroatoms. The van der Waals surface area contributed by atoms with Gasteiger partial charge < -0.3 is 4.74 Å². The van der Waals surface area contributed by atoms with Crippen LogP contribution in [0, 0.1) is 0 Å². The molecular weight excluding hydrogens is 168 g/mol. The number of hydrogen-bond donors (Lipinski definition) is 0. The van der Waals surface area contributed by atoms with E-state index < -0.39 is 5.97 Å². The third-order valence-corrected chi connectivity index (χ3v) is 1.07. The topological polar surface area (TPSA) is 43.4 Å². The monoisotopic (exact) mass is 180 g/mol. The molecule has 70 valence electrons. The van der Waals surface area contributed by atoms with Gasteiger partial charge in [0, 0.05) is 6.08 Å². The molecule has 3 nitrogen and oxygen atoms in total. The van der Waals surface area contributed by atoms with E-state index in [4.69, 9.17) is 0 Å². The second-order valence-corrected chi connectivity index (χ2v) is 2.23. The average Bonchev–Trinajstić information content (AvgIpc) is 2.10. The van der Waals surface area contributed by atoms with Crippen molar-refractivity contribution in [3.05, 3.63) is 37.0 Å². The fourth-order valence-corrected chi connectivity index (χ4v) is 0.514.